The van der Waals surface area contributed by atoms with Crippen LogP contribution < -0.4 is 5.32 Å². The van der Waals surface area contributed by atoms with E-state index in [-0.39, 0.29) is 0 Å². The minimum absolute atomic E-state index is 0.629. The molecule has 3 heteroatoms. The third-order valence-corrected chi connectivity index (χ3v) is 3.72. The molecule has 2 nitrogen and oxygen atoms in total. The Bertz CT molecular complexity index is 289. The number of nitrogens with zero attached hydrogens (tertiary/aromatic N) is 1. The SMILES string of the molecule is CC(C)CC1(CNCc2cscn2)CC1. The molecule has 15 heavy (non-hydrogen) atoms. The van der Waals surface area contributed by atoms with Gasteiger partial charge in [-0.25, -0.2) is 4.98 Å². The van der Waals surface area contributed by atoms with Gasteiger partial charge in [0.2, 0.25) is 0 Å². The zero-order valence-corrected chi connectivity index (χ0v) is 10.4. The summed E-state index contributed by atoms with van der Waals surface area (Å²) in [6.45, 7) is 6.74. The van der Waals surface area contributed by atoms with Gasteiger partial charge in [0.15, 0.2) is 0 Å². The molecular formula is C12H20N2S. The minimum atomic E-state index is 0.629. The third-order valence-electron chi connectivity index (χ3n) is 3.09. The van der Waals surface area contributed by atoms with Crippen molar-refractivity contribution >= 4 is 11.3 Å². The lowest BCUT2D eigenvalue weighted by molar-refractivity contribution is 0.366. The van der Waals surface area contributed by atoms with E-state index in [4.69, 9.17) is 0 Å². The quantitative estimate of drug-likeness (QED) is 0.803. The summed E-state index contributed by atoms with van der Waals surface area (Å²) in [6.07, 6.45) is 4.20. The highest BCUT2D eigenvalue weighted by molar-refractivity contribution is 7.07. The highest BCUT2D eigenvalue weighted by Gasteiger charge is 2.42. The van der Waals surface area contributed by atoms with E-state index in [1.165, 1.54) is 31.5 Å². The van der Waals surface area contributed by atoms with Crippen LogP contribution in [0.1, 0.15) is 38.8 Å². The van der Waals surface area contributed by atoms with Crippen molar-refractivity contribution in [3.63, 3.8) is 0 Å². The van der Waals surface area contributed by atoms with Gasteiger partial charge in [-0.05, 0) is 30.6 Å². The lowest BCUT2D eigenvalue weighted by Crippen LogP contribution is -2.24. The van der Waals surface area contributed by atoms with Crippen LogP contribution in [-0.4, -0.2) is 11.5 Å². The first kappa shape index (κ1) is 11.1. The maximum absolute atomic E-state index is 4.27. The molecule has 1 aromatic rings. The van der Waals surface area contributed by atoms with Crippen molar-refractivity contribution in [2.24, 2.45) is 11.3 Å². The Morgan fingerprint density at radius 2 is 2.33 bits per heavy atom. The largest absolute Gasteiger partial charge is 0.311 e. The number of rotatable bonds is 6. The van der Waals surface area contributed by atoms with Crippen molar-refractivity contribution in [2.45, 2.75) is 39.7 Å². The van der Waals surface area contributed by atoms with Crippen LogP contribution in [0, 0.1) is 11.3 Å². The molecule has 1 heterocycles. The molecule has 0 saturated heterocycles. The molecule has 1 aliphatic carbocycles. The molecule has 0 unspecified atom stereocenters. The van der Waals surface area contributed by atoms with Crippen molar-refractivity contribution in [3.05, 3.63) is 16.6 Å². The summed E-state index contributed by atoms with van der Waals surface area (Å²) in [5.74, 6) is 0.827. The number of thiazole rings is 1. The van der Waals surface area contributed by atoms with Gasteiger partial charge in [0.05, 0.1) is 11.2 Å². The highest BCUT2D eigenvalue weighted by Crippen LogP contribution is 2.49. The summed E-state index contributed by atoms with van der Waals surface area (Å²) >= 11 is 1.67. The molecule has 0 radical (unpaired) electrons. The zero-order chi connectivity index (χ0) is 10.7. The van der Waals surface area contributed by atoms with Crippen molar-refractivity contribution < 1.29 is 0 Å². The van der Waals surface area contributed by atoms with Crippen molar-refractivity contribution in [1.29, 1.82) is 0 Å². The molecule has 1 aliphatic rings. The fraction of sp³-hybridized carbons (Fsp3) is 0.750. The van der Waals surface area contributed by atoms with Gasteiger partial charge in [0.1, 0.15) is 0 Å². The topological polar surface area (TPSA) is 24.9 Å². The summed E-state index contributed by atoms with van der Waals surface area (Å²) in [6, 6.07) is 0. The van der Waals surface area contributed by atoms with Crippen LogP contribution >= 0.6 is 11.3 Å². The Labute approximate surface area is 96.1 Å². The molecule has 0 spiro atoms. The molecule has 2 rings (SSSR count). The molecule has 1 fully saturated rings. The number of nitrogens with one attached hydrogen (secondary N) is 1. The van der Waals surface area contributed by atoms with Gasteiger partial charge in [0, 0.05) is 18.5 Å². The smallest absolute Gasteiger partial charge is 0.0795 e. The van der Waals surface area contributed by atoms with Gasteiger partial charge in [-0.3, -0.25) is 0 Å². The zero-order valence-electron chi connectivity index (χ0n) is 9.62. The summed E-state index contributed by atoms with van der Waals surface area (Å²) in [5.41, 5.74) is 3.71. The van der Waals surface area contributed by atoms with E-state index < -0.39 is 0 Å². The first-order valence-corrected chi connectivity index (χ1v) is 6.72. The highest BCUT2D eigenvalue weighted by atomic mass is 32.1. The van der Waals surface area contributed by atoms with Crippen LogP contribution in [0.3, 0.4) is 0 Å². The second kappa shape index (κ2) is 4.62. The van der Waals surface area contributed by atoms with Crippen LogP contribution in [0.4, 0.5) is 0 Å². The lowest BCUT2D eigenvalue weighted by atomic mass is 9.94. The lowest BCUT2D eigenvalue weighted by Gasteiger charge is -2.17. The van der Waals surface area contributed by atoms with E-state index in [1.807, 2.05) is 5.51 Å². The molecule has 1 saturated carbocycles. The van der Waals surface area contributed by atoms with E-state index in [0.717, 1.165) is 12.5 Å². The maximum Gasteiger partial charge on any atom is 0.0795 e. The Balaban J connectivity index is 1.70. The average Bonchev–Trinajstić information content (AvgIpc) is 2.74. The van der Waals surface area contributed by atoms with Crippen LogP contribution in [0.25, 0.3) is 0 Å². The first-order chi connectivity index (χ1) is 7.20. The van der Waals surface area contributed by atoms with Gasteiger partial charge in [-0.15, -0.1) is 11.3 Å². The summed E-state index contributed by atoms with van der Waals surface area (Å²) in [4.78, 5) is 4.27. The number of hydrogen-bond acceptors (Lipinski definition) is 3. The minimum Gasteiger partial charge on any atom is -0.311 e. The van der Waals surface area contributed by atoms with Crippen molar-refractivity contribution in [1.82, 2.24) is 10.3 Å². The molecule has 0 atom stereocenters. The standard InChI is InChI=1S/C12H20N2S/c1-10(2)5-12(3-4-12)8-13-6-11-7-15-9-14-11/h7,9-10,13H,3-6,8H2,1-2H3. The first-order valence-electron chi connectivity index (χ1n) is 5.78. The monoisotopic (exact) mass is 224 g/mol. The number of hydrogen-bond donors (Lipinski definition) is 1. The number of aromatic nitrogens is 1. The molecule has 1 N–H and O–H groups in total. The molecule has 0 aromatic carbocycles. The molecular weight excluding hydrogens is 204 g/mol. The molecule has 0 amide bonds. The van der Waals surface area contributed by atoms with E-state index in [0.29, 0.717) is 5.41 Å². The molecule has 1 aromatic heterocycles. The predicted octanol–water partition coefficient (Wildman–Crippen LogP) is 3.06. The summed E-state index contributed by atoms with van der Waals surface area (Å²) in [7, 11) is 0. The van der Waals surface area contributed by atoms with Gasteiger partial charge in [-0.2, -0.15) is 0 Å². The van der Waals surface area contributed by atoms with E-state index in [1.54, 1.807) is 11.3 Å². The van der Waals surface area contributed by atoms with E-state index >= 15 is 0 Å². The van der Waals surface area contributed by atoms with Crippen LogP contribution in [0.2, 0.25) is 0 Å². The second-order valence-electron chi connectivity index (χ2n) is 5.18. The third kappa shape index (κ3) is 3.28. The Hall–Kier alpha value is -0.410. The fourth-order valence-electron chi connectivity index (χ4n) is 2.28. The molecule has 0 aliphatic heterocycles. The second-order valence-corrected chi connectivity index (χ2v) is 5.90. The Morgan fingerprint density at radius 1 is 1.53 bits per heavy atom. The van der Waals surface area contributed by atoms with Gasteiger partial charge < -0.3 is 5.32 Å². The molecule has 0 bridgehead atoms. The van der Waals surface area contributed by atoms with Gasteiger partial charge in [-0.1, -0.05) is 13.8 Å². The summed E-state index contributed by atoms with van der Waals surface area (Å²) < 4.78 is 0. The van der Waals surface area contributed by atoms with Crippen LogP contribution in [0.15, 0.2) is 10.9 Å². The van der Waals surface area contributed by atoms with Gasteiger partial charge >= 0.3 is 0 Å². The van der Waals surface area contributed by atoms with Gasteiger partial charge in [0.25, 0.3) is 0 Å². The van der Waals surface area contributed by atoms with E-state index in [9.17, 15) is 0 Å². The Kier molecular flexibility index (Phi) is 3.42. The van der Waals surface area contributed by atoms with Crippen LogP contribution in [0.5, 0.6) is 0 Å². The van der Waals surface area contributed by atoms with Crippen molar-refractivity contribution in [2.75, 3.05) is 6.54 Å². The van der Waals surface area contributed by atoms with Crippen LogP contribution in [-0.2, 0) is 6.54 Å². The predicted molar refractivity (Wildman–Crippen MR) is 64.9 cm³/mol. The fourth-order valence-corrected chi connectivity index (χ4v) is 2.83. The van der Waals surface area contributed by atoms with Crippen molar-refractivity contribution in [3.8, 4) is 0 Å². The normalized spacial score (nSPS) is 18.3. The van der Waals surface area contributed by atoms with E-state index in [2.05, 4.69) is 29.5 Å². The average molecular weight is 224 g/mol. The summed E-state index contributed by atoms with van der Waals surface area (Å²) in [5, 5.41) is 5.66. The molecule has 84 valence electrons. The Morgan fingerprint density at radius 3 is 2.87 bits per heavy atom. The maximum atomic E-state index is 4.27.